The van der Waals surface area contributed by atoms with Crippen LogP contribution in [0.1, 0.15) is 23.8 Å². The summed E-state index contributed by atoms with van der Waals surface area (Å²) in [5.41, 5.74) is 4.58. The highest BCUT2D eigenvalue weighted by Crippen LogP contribution is 2.33. The summed E-state index contributed by atoms with van der Waals surface area (Å²) in [5.74, 6) is 2.35. The van der Waals surface area contributed by atoms with E-state index in [0.717, 1.165) is 53.6 Å². The smallest absolute Gasteiger partial charge is 0.250 e. The van der Waals surface area contributed by atoms with Gasteiger partial charge in [0.1, 0.15) is 6.54 Å². The monoisotopic (exact) mass is 312 g/mol. The Morgan fingerprint density at radius 1 is 1.26 bits per heavy atom. The highest BCUT2D eigenvalue weighted by atomic mass is 16.5. The third-order valence-electron chi connectivity index (χ3n) is 4.05. The SMILES string of the molecule is C=C(C)C[N+]1=C(c2ccco2)c2cc(OC)c(OC)cc2CC1. The second-order valence-corrected chi connectivity index (χ2v) is 5.82. The molecule has 1 aromatic heterocycles. The standard InChI is InChI=1S/C19H22NO3/c1-13(2)12-20-8-7-14-10-17(21-3)18(22-4)11-15(14)19(20)16-6-5-9-23-16/h5-6,9-11H,1,7-8,12H2,2-4H3/q+1. The Kier molecular flexibility index (Phi) is 4.24. The number of hydrogen-bond donors (Lipinski definition) is 0. The first-order valence-corrected chi connectivity index (χ1v) is 7.69. The second kappa shape index (κ2) is 6.32. The molecule has 0 atom stereocenters. The highest BCUT2D eigenvalue weighted by molar-refractivity contribution is 6.09. The van der Waals surface area contributed by atoms with Gasteiger partial charge in [0.15, 0.2) is 23.8 Å². The van der Waals surface area contributed by atoms with E-state index in [4.69, 9.17) is 13.9 Å². The third-order valence-corrected chi connectivity index (χ3v) is 4.05. The van der Waals surface area contributed by atoms with Crippen LogP contribution in [-0.4, -0.2) is 37.6 Å². The minimum Gasteiger partial charge on any atom is -0.493 e. The third kappa shape index (κ3) is 2.89. The Morgan fingerprint density at radius 2 is 2.00 bits per heavy atom. The lowest BCUT2D eigenvalue weighted by atomic mass is 9.94. The molecule has 23 heavy (non-hydrogen) atoms. The lowest BCUT2D eigenvalue weighted by molar-refractivity contribution is -0.520. The van der Waals surface area contributed by atoms with Gasteiger partial charge >= 0.3 is 0 Å². The lowest BCUT2D eigenvalue weighted by Crippen LogP contribution is -2.31. The minimum atomic E-state index is 0.729. The molecule has 0 spiro atoms. The Labute approximate surface area is 136 Å². The van der Waals surface area contributed by atoms with Crippen LogP contribution in [0.2, 0.25) is 0 Å². The summed E-state index contributed by atoms with van der Waals surface area (Å²) in [6.07, 6.45) is 2.66. The van der Waals surface area contributed by atoms with Gasteiger partial charge < -0.3 is 13.9 Å². The fourth-order valence-electron chi connectivity index (χ4n) is 3.07. The van der Waals surface area contributed by atoms with Crippen LogP contribution < -0.4 is 9.47 Å². The quantitative estimate of drug-likeness (QED) is 0.628. The molecule has 0 fully saturated rings. The molecule has 0 bridgehead atoms. The van der Waals surface area contributed by atoms with E-state index in [0.29, 0.717) is 0 Å². The Balaban J connectivity index is 2.21. The Bertz CT molecular complexity index is 757. The number of nitrogens with zero attached hydrogens (tertiary/aromatic N) is 1. The van der Waals surface area contributed by atoms with Gasteiger partial charge in [0, 0.05) is 6.42 Å². The summed E-state index contributed by atoms with van der Waals surface area (Å²) in [6.45, 7) is 7.83. The molecule has 3 rings (SSSR count). The van der Waals surface area contributed by atoms with E-state index in [1.807, 2.05) is 25.1 Å². The maximum Gasteiger partial charge on any atom is 0.250 e. The largest absolute Gasteiger partial charge is 0.493 e. The molecule has 0 saturated carbocycles. The van der Waals surface area contributed by atoms with Crippen molar-refractivity contribution in [1.29, 1.82) is 0 Å². The van der Waals surface area contributed by atoms with Crippen LogP contribution in [0, 0.1) is 0 Å². The highest BCUT2D eigenvalue weighted by Gasteiger charge is 2.30. The van der Waals surface area contributed by atoms with Gasteiger partial charge in [-0.3, -0.25) is 0 Å². The first kappa shape index (κ1) is 15.4. The number of furan rings is 1. The molecule has 0 saturated heterocycles. The van der Waals surface area contributed by atoms with Gasteiger partial charge in [-0.15, -0.1) is 0 Å². The number of benzene rings is 1. The van der Waals surface area contributed by atoms with Crippen molar-refractivity contribution in [1.82, 2.24) is 0 Å². The van der Waals surface area contributed by atoms with Gasteiger partial charge in [-0.1, -0.05) is 6.58 Å². The van der Waals surface area contributed by atoms with Crippen LogP contribution in [0.25, 0.3) is 0 Å². The zero-order valence-corrected chi connectivity index (χ0v) is 13.9. The molecule has 1 aliphatic heterocycles. The molecule has 2 heterocycles. The Morgan fingerprint density at radius 3 is 2.61 bits per heavy atom. The second-order valence-electron chi connectivity index (χ2n) is 5.82. The number of ether oxygens (including phenoxy) is 2. The zero-order valence-electron chi connectivity index (χ0n) is 13.9. The predicted octanol–water partition coefficient (Wildman–Crippen LogP) is 3.28. The maximum atomic E-state index is 5.69. The van der Waals surface area contributed by atoms with Crippen LogP contribution in [0.5, 0.6) is 11.5 Å². The van der Waals surface area contributed by atoms with E-state index in [2.05, 4.69) is 17.2 Å². The van der Waals surface area contributed by atoms with Crippen molar-refractivity contribution < 1.29 is 18.5 Å². The van der Waals surface area contributed by atoms with E-state index in [1.165, 1.54) is 5.56 Å². The normalized spacial score (nSPS) is 13.7. The Hall–Kier alpha value is -2.49. The summed E-state index contributed by atoms with van der Waals surface area (Å²) in [5, 5.41) is 0. The number of fused-ring (bicyclic) bond motifs is 1. The predicted molar refractivity (Wildman–Crippen MR) is 90.0 cm³/mol. The van der Waals surface area contributed by atoms with Crippen molar-refractivity contribution in [2.75, 3.05) is 27.3 Å². The van der Waals surface area contributed by atoms with E-state index in [9.17, 15) is 0 Å². The summed E-state index contributed by atoms with van der Waals surface area (Å²) >= 11 is 0. The molecule has 2 aromatic rings. The van der Waals surface area contributed by atoms with Crippen molar-refractivity contribution in [3.63, 3.8) is 0 Å². The van der Waals surface area contributed by atoms with E-state index < -0.39 is 0 Å². The molecule has 4 heteroatoms. The minimum absolute atomic E-state index is 0.729. The molecular weight excluding hydrogens is 290 g/mol. The summed E-state index contributed by atoms with van der Waals surface area (Å²) < 4.78 is 18.9. The molecule has 0 radical (unpaired) electrons. The number of methoxy groups -OCH3 is 2. The van der Waals surface area contributed by atoms with Crippen molar-refractivity contribution in [2.24, 2.45) is 0 Å². The van der Waals surface area contributed by atoms with Crippen LogP contribution in [0.4, 0.5) is 0 Å². The fourth-order valence-corrected chi connectivity index (χ4v) is 3.07. The molecule has 120 valence electrons. The van der Waals surface area contributed by atoms with Crippen LogP contribution in [0.15, 0.2) is 47.1 Å². The van der Waals surface area contributed by atoms with Gasteiger partial charge in [-0.2, -0.15) is 0 Å². The summed E-state index contributed by atoms with van der Waals surface area (Å²) in [6, 6.07) is 8.01. The van der Waals surface area contributed by atoms with Crippen molar-refractivity contribution in [2.45, 2.75) is 13.3 Å². The molecule has 4 nitrogen and oxygen atoms in total. The molecule has 0 unspecified atom stereocenters. The fraction of sp³-hybridized carbons (Fsp3) is 0.316. The first-order chi connectivity index (χ1) is 11.1. The average molecular weight is 312 g/mol. The van der Waals surface area contributed by atoms with Crippen LogP contribution in [0.3, 0.4) is 0 Å². The number of hydrogen-bond acceptors (Lipinski definition) is 3. The van der Waals surface area contributed by atoms with Gasteiger partial charge in [-0.05, 0) is 42.3 Å². The topological polar surface area (TPSA) is 34.6 Å². The van der Waals surface area contributed by atoms with Crippen molar-refractivity contribution in [3.8, 4) is 11.5 Å². The molecule has 0 N–H and O–H groups in total. The van der Waals surface area contributed by atoms with E-state index >= 15 is 0 Å². The van der Waals surface area contributed by atoms with Crippen molar-refractivity contribution >= 4 is 5.71 Å². The van der Waals surface area contributed by atoms with E-state index in [-0.39, 0.29) is 0 Å². The first-order valence-electron chi connectivity index (χ1n) is 7.69. The molecule has 0 aliphatic carbocycles. The number of rotatable bonds is 5. The molecule has 1 aromatic carbocycles. The summed E-state index contributed by atoms with van der Waals surface area (Å²) in [7, 11) is 3.32. The summed E-state index contributed by atoms with van der Waals surface area (Å²) in [4.78, 5) is 0. The van der Waals surface area contributed by atoms with Crippen molar-refractivity contribution in [3.05, 3.63) is 59.6 Å². The van der Waals surface area contributed by atoms with Gasteiger partial charge in [0.05, 0.1) is 26.0 Å². The maximum absolute atomic E-state index is 5.69. The van der Waals surface area contributed by atoms with Gasteiger partial charge in [-0.25, -0.2) is 4.58 Å². The molecule has 1 aliphatic rings. The van der Waals surface area contributed by atoms with Crippen LogP contribution >= 0.6 is 0 Å². The van der Waals surface area contributed by atoms with E-state index in [1.54, 1.807) is 20.5 Å². The van der Waals surface area contributed by atoms with Gasteiger partial charge in [0.2, 0.25) is 0 Å². The molecular formula is C19H22NO3+. The van der Waals surface area contributed by atoms with Gasteiger partial charge in [0.25, 0.3) is 5.71 Å². The molecule has 0 amide bonds. The average Bonchev–Trinajstić information content (AvgIpc) is 3.06. The van der Waals surface area contributed by atoms with Crippen LogP contribution in [-0.2, 0) is 6.42 Å². The zero-order chi connectivity index (χ0) is 16.4. The lowest BCUT2D eigenvalue weighted by Gasteiger charge is -2.20.